The zero-order valence-electron chi connectivity index (χ0n) is 43.5. The quantitative estimate of drug-likeness (QED) is 0.144. The fourth-order valence-electron chi connectivity index (χ4n) is 10.1. The number of imidazole rings is 1. The first-order chi connectivity index (χ1) is 34.5. The third kappa shape index (κ3) is 9.46. The standard InChI is InChI=1S/C68H67N3O/c1-43(2)51-39-59(44(3)4)65(72)60(40-51)66-70-64-58(22-17-23-62(64)71(66)63-42-56(68(8,9)10)32-33-57(63)49-28-30-55(31-29-49)67(5,6)7)53-36-52(46-20-15-12-16-21-46)37-54(38-53)61-41-50(34-35-69-61)48-26-24-47(25-27-48)45-18-13-11-14-19-45/h11-44,61,69,72H,1-10H3. The van der Waals surface area contributed by atoms with Crippen molar-refractivity contribution in [3.05, 3.63) is 228 Å². The number of fused-ring (bicyclic) bond motifs is 1. The molecule has 1 aliphatic rings. The average molecular weight is 942 g/mol. The number of rotatable bonds is 10. The molecule has 4 heteroatoms. The van der Waals surface area contributed by atoms with Crippen molar-refractivity contribution in [1.29, 1.82) is 0 Å². The fourth-order valence-corrected chi connectivity index (χ4v) is 10.1. The highest BCUT2D eigenvalue weighted by atomic mass is 16.3. The highest BCUT2D eigenvalue weighted by Gasteiger charge is 2.27. The van der Waals surface area contributed by atoms with E-state index in [0.717, 1.165) is 66.8 Å². The molecule has 8 aromatic carbocycles. The Morgan fingerprint density at radius 2 is 1.11 bits per heavy atom. The van der Waals surface area contributed by atoms with Gasteiger partial charge in [-0.3, -0.25) is 4.57 Å². The maximum absolute atomic E-state index is 12.5. The van der Waals surface area contributed by atoms with E-state index in [-0.39, 0.29) is 34.5 Å². The summed E-state index contributed by atoms with van der Waals surface area (Å²) in [5, 5.41) is 16.2. The normalized spacial score (nSPS) is 14.0. The minimum absolute atomic E-state index is 0.0176. The van der Waals surface area contributed by atoms with Gasteiger partial charge in [0.05, 0.1) is 28.3 Å². The van der Waals surface area contributed by atoms with Crippen LogP contribution in [-0.4, -0.2) is 14.7 Å². The van der Waals surface area contributed by atoms with Gasteiger partial charge in [-0.05, 0) is 150 Å². The van der Waals surface area contributed by atoms with Crippen LogP contribution in [0.2, 0.25) is 0 Å². The maximum atomic E-state index is 12.5. The maximum Gasteiger partial charge on any atom is 0.149 e. The predicted octanol–water partition coefficient (Wildman–Crippen LogP) is 18.1. The fraction of sp³-hybridized carbons (Fsp3) is 0.221. The number of hydrogen-bond acceptors (Lipinski definition) is 3. The summed E-state index contributed by atoms with van der Waals surface area (Å²) in [6, 6.07) is 63.9. The Bertz CT molecular complexity index is 3490. The Labute approximate surface area is 427 Å². The zero-order valence-corrected chi connectivity index (χ0v) is 43.5. The molecule has 0 saturated heterocycles. The van der Waals surface area contributed by atoms with E-state index in [0.29, 0.717) is 5.82 Å². The lowest BCUT2D eigenvalue weighted by Crippen LogP contribution is -2.16. The summed E-state index contributed by atoms with van der Waals surface area (Å²) in [5.41, 5.74) is 20.5. The van der Waals surface area contributed by atoms with Crippen LogP contribution < -0.4 is 5.32 Å². The molecule has 2 heterocycles. The number of dihydropyridines is 1. The van der Waals surface area contributed by atoms with Crippen LogP contribution in [0.3, 0.4) is 0 Å². The molecule has 1 aliphatic heterocycles. The monoisotopic (exact) mass is 942 g/mol. The van der Waals surface area contributed by atoms with E-state index in [9.17, 15) is 5.11 Å². The second kappa shape index (κ2) is 19.1. The van der Waals surface area contributed by atoms with Gasteiger partial charge in [0.25, 0.3) is 0 Å². The number of allylic oxidation sites excluding steroid dienone is 2. The topological polar surface area (TPSA) is 50.1 Å². The zero-order chi connectivity index (χ0) is 50.5. The Hall–Kier alpha value is -7.69. The third-order valence-electron chi connectivity index (χ3n) is 14.5. The minimum Gasteiger partial charge on any atom is -0.507 e. The molecule has 1 atom stereocenters. The van der Waals surface area contributed by atoms with Crippen LogP contribution in [0.1, 0.15) is 120 Å². The molecule has 0 fully saturated rings. The molecule has 72 heavy (non-hydrogen) atoms. The van der Waals surface area contributed by atoms with Crippen molar-refractivity contribution in [3.8, 4) is 67.3 Å². The van der Waals surface area contributed by atoms with Crippen LogP contribution in [0, 0.1) is 0 Å². The van der Waals surface area contributed by atoms with Gasteiger partial charge in [-0.15, -0.1) is 0 Å². The largest absolute Gasteiger partial charge is 0.507 e. The molecule has 2 N–H and O–H groups in total. The lowest BCUT2D eigenvalue weighted by molar-refractivity contribution is 0.466. The summed E-state index contributed by atoms with van der Waals surface area (Å²) in [7, 11) is 0. The highest BCUT2D eigenvalue weighted by Crippen LogP contribution is 2.45. The van der Waals surface area contributed by atoms with Gasteiger partial charge in [0, 0.05) is 11.1 Å². The van der Waals surface area contributed by atoms with Gasteiger partial charge in [-0.1, -0.05) is 209 Å². The van der Waals surface area contributed by atoms with Gasteiger partial charge < -0.3 is 10.4 Å². The van der Waals surface area contributed by atoms with Crippen molar-refractivity contribution in [2.75, 3.05) is 0 Å². The molecule has 0 saturated carbocycles. The van der Waals surface area contributed by atoms with E-state index in [2.05, 4.69) is 273 Å². The van der Waals surface area contributed by atoms with Crippen LogP contribution >= 0.6 is 0 Å². The van der Waals surface area contributed by atoms with E-state index < -0.39 is 0 Å². The van der Waals surface area contributed by atoms with Crippen LogP contribution in [-0.2, 0) is 10.8 Å². The van der Waals surface area contributed by atoms with E-state index in [1.165, 1.54) is 39.0 Å². The van der Waals surface area contributed by atoms with E-state index in [1.807, 2.05) is 0 Å². The minimum atomic E-state index is -0.133. The summed E-state index contributed by atoms with van der Waals surface area (Å²) in [6.45, 7) is 22.4. The van der Waals surface area contributed by atoms with E-state index in [4.69, 9.17) is 4.98 Å². The lowest BCUT2D eigenvalue weighted by Gasteiger charge is -2.24. The smallest absolute Gasteiger partial charge is 0.149 e. The number of para-hydroxylation sites is 1. The first kappa shape index (κ1) is 48.0. The molecule has 1 aromatic heterocycles. The second-order valence-corrected chi connectivity index (χ2v) is 22.3. The predicted molar refractivity (Wildman–Crippen MR) is 305 cm³/mol. The lowest BCUT2D eigenvalue weighted by atomic mass is 9.84. The van der Waals surface area contributed by atoms with Crippen LogP contribution in [0.4, 0.5) is 0 Å². The van der Waals surface area contributed by atoms with Crippen molar-refractivity contribution in [2.45, 2.75) is 97.9 Å². The number of nitrogens with zero attached hydrogens (tertiary/aromatic N) is 2. The summed E-state index contributed by atoms with van der Waals surface area (Å²) in [6.07, 6.45) is 6.59. The second-order valence-electron chi connectivity index (χ2n) is 22.3. The number of aromatic hydroxyl groups is 1. The number of phenols is 1. The molecular weight excluding hydrogens is 875 g/mol. The van der Waals surface area contributed by atoms with Crippen LogP contribution in [0.15, 0.2) is 194 Å². The van der Waals surface area contributed by atoms with Crippen LogP contribution in [0.25, 0.3) is 78.2 Å². The first-order valence-corrected chi connectivity index (χ1v) is 25.7. The van der Waals surface area contributed by atoms with Crippen molar-refractivity contribution in [2.24, 2.45) is 0 Å². The SMILES string of the molecule is CC(C)c1cc(-c2nc3c(-c4cc(-c5ccccc5)cc(C5C=C(c6ccc(-c7ccccc7)cc6)C=CN5)c4)cccc3n2-c2cc(C(C)(C)C)ccc2-c2ccc(C(C)(C)C)cc2)c(O)c(C(C)C)c1. The number of benzene rings is 8. The van der Waals surface area contributed by atoms with Gasteiger partial charge >= 0.3 is 0 Å². The van der Waals surface area contributed by atoms with Gasteiger partial charge in [-0.25, -0.2) is 4.98 Å². The van der Waals surface area contributed by atoms with Gasteiger partial charge in [0.2, 0.25) is 0 Å². The average Bonchev–Trinajstić information content (AvgIpc) is 3.78. The molecule has 1 unspecified atom stereocenters. The molecule has 0 bridgehead atoms. The molecule has 10 rings (SSSR count). The number of nitrogens with one attached hydrogen (secondary N) is 1. The molecular formula is C68H67N3O. The number of hydrogen-bond donors (Lipinski definition) is 2. The summed E-state index contributed by atoms with van der Waals surface area (Å²) in [5.74, 6) is 1.32. The van der Waals surface area contributed by atoms with Crippen LogP contribution in [0.5, 0.6) is 5.75 Å². The molecule has 4 nitrogen and oxygen atoms in total. The molecule has 360 valence electrons. The van der Waals surface area contributed by atoms with Crippen molar-refractivity contribution < 1.29 is 5.11 Å². The van der Waals surface area contributed by atoms with Gasteiger partial charge in [0.15, 0.2) is 0 Å². The Morgan fingerprint density at radius 3 is 1.75 bits per heavy atom. The Balaban J connectivity index is 1.21. The Kier molecular flexibility index (Phi) is 12.8. The molecule has 9 aromatic rings. The van der Waals surface area contributed by atoms with Gasteiger partial charge in [0.1, 0.15) is 11.6 Å². The number of aromatic nitrogens is 2. The first-order valence-electron chi connectivity index (χ1n) is 25.7. The van der Waals surface area contributed by atoms with Crippen molar-refractivity contribution in [3.63, 3.8) is 0 Å². The highest BCUT2D eigenvalue weighted by molar-refractivity contribution is 5.98. The third-order valence-corrected chi connectivity index (χ3v) is 14.5. The van der Waals surface area contributed by atoms with E-state index in [1.54, 1.807) is 0 Å². The summed E-state index contributed by atoms with van der Waals surface area (Å²) < 4.78 is 2.33. The summed E-state index contributed by atoms with van der Waals surface area (Å²) >= 11 is 0. The van der Waals surface area contributed by atoms with Crippen molar-refractivity contribution >= 4 is 16.6 Å². The number of phenolic OH excluding ortho intramolecular Hbond substituents is 1. The van der Waals surface area contributed by atoms with E-state index >= 15 is 0 Å². The Morgan fingerprint density at radius 1 is 0.514 bits per heavy atom. The molecule has 0 amide bonds. The molecule has 0 spiro atoms. The molecule has 0 aliphatic carbocycles. The van der Waals surface area contributed by atoms with Gasteiger partial charge in [-0.2, -0.15) is 0 Å². The van der Waals surface area contributed by atoms with Crippen molar-refractivity contribution in [1.82, 2.24) is 14.9 Å². The summed E-state index contributed by atoms with van der Waals surface area (Å²) in [4.78, 5) is 5.76. The molecule has 0 radical (unpaired) electrons.